The maximum atomic E-state index is 11.7. The lowest BCUT2D eigenvalue weighted by Gasteiger charge is -2.04. The van der Waals surface area contributed by atoms with Crippen LogP contribution in [0.3, 0.4) is 0 Å². The van der Waals surface area contributed by atoms with Crippen molar-refractivity contribution in [2.45, 2.75) is 6.92 Å². The quantitative estimate of drug-likeness (QED) is 0.624. The number of hydrogen-bond donors (Lipinski definition) is 1. The highest BCUT2D eigenvalue weighted by Gasteiger charge is 2.04. The largest absolute Gasteiger partial charge is 0.399 e. The van der Waals surface area contributed by atoms with Crippen molar-refractivity contribution in [3.8, 4) is 0 Å². The van der Waals surface area contributed by atoms with Crippen LogP contribution >= 0.6 is 0 Å². The van der Waals surface area contributed by atoms with Crippen LogP contribution in [0, 0.1) is 6.92 Å². The van der Waals surface area contributed by atoms with Gasteiger partial charge in [0.25, 0.3) is 5.56 Å². The van der Waals surface area contributed by atoms with Gasteiger partial charge in [0.15, 0.2) is 0 Å². The van der Waals surface area contributed by atoms with Crippen LogP contribution < -0.4 is 11.3 Å². The van der Waals surface area contributed by atoms with Gasteiger partial charge >= 0.3 is 0 Å². The van der Waals surface area contributed by atoms with Crippen LogP contribution in [-0.2, 0) is 7.05 Å². The summed E-state index contributed by atoms with van der Waals surface area (Å²) in [4.78, 5) is 16.0. The topological polar surface area (TPSA) is 60.9 Å². The molecule has 1 aromatic carbocycles. The average Bonchev–Trinajstić information content (AvgIpc) is 2.14. The van der Waals surface area contributed by atoms with Crippen molar-refractivity contribution >= 4 is 16.6 Å². The standard InChI is InChI=1S/C10H11N3O/c1-6-12-9-5-7(11)3-4-8(9)10(14)13(6)2/h3-5H,11H2,1-2H3. The van der Waals surface area contributed by atoms with E-state index in [2.05, 4.69) is 4.98 Å². The zero-order valence-electron chi connectivity index (χ0n) is 8.11. The van der Waals surface area contributed by atoms with E-state index in [-0.39, 0.29) is 5.56 Å². The summed E-state index contributed by atoms with van der Waals surface area (Å²) < 4.78 is 1.53. The molecule has 0 bridgehead atoms. The number of nitrogens with zero attached hydrogens (tertiary/aromatic N) is 2. The normalized spacial score (nSPS) is 10.7. The van der Waals surface area contributed by atoms with E-state index in [1.807, 2.05) is 0 Å². The van der Waals surface area contributed by atoms with Gasteiger partial charge in [0.2, 0.25) is 0 Å². The van der Waals surface area contributed by atoms with Crippen LogP contribution in [0.2, 0.25) is 0 Å². The molecular weight excluding hydrogens is 178 g/mol. The lowest BCUT2D eigenvalue weighted by atomic mass is 10.2. The minimum atomic E-state index is -0.0347. The average molecular weight is 189 g/mol. The number of benzene rings is 1. The monoisotopic (exact) mass is 189 g/mol. The zero-order chi connectivity index (χ0) is 10.3. The number of aromatic nitrogens is 2. The molecule has 4 nitrogen and oxygen atoms in total. The van der Waals surface area contributed by atoms with Gasteiger partial charge in [-0.05, 0) is 25.1 Å². The molecule has 0 saturated heterocycles. The Morgan fingerprint density at radius 2 is 2.14 bits per heavy atom. The van der Waals surface area contributed by atoms with Gasteiger partial charge in [0.05, 0.1) is 10.9 Å². The summed E-state index contributed by atoms with van der Waals surface area (Å²) in [5, 5.41) is 0.604. The third-order valence-corrected chi connectivity index (χ3v) is 2.32. The van der Waals surface area contributed by atoms with E-state index in [0.29, 0.717) is 22.4 Å². The molecule has 4 heteroatoms. The predicted octanol–water partition coefficient (Wildman–Crippen LogP) is 0.824. The van der Waals surface area contributed by atoms with Crippen LogP contribution in [0.25, 0.3) is 10.9 Å². The van der Waals surface area contributed by atoms with E-state index in [1.165, 1.54) is 4.57 Å². The molecule has 2 rings (SSSR count). The van der Waals surface area contributed by atoms with E-state index in [9.17, 15) is 4.79 Å². The minimum Gasteiger partial charge on any atom is -0.399 e. The number of nitrogen functional groups attached to an aromatic ring is 1. The predicted molar refractivity (Wildman–Crippen MR) is 56.1 cm³/mol. The van der Waals surface area contributed by atoms with Crippen LogP contribution in [0.5, 0.6) is 0 Å². The molecule has 0 unspecified atom stereocenters. The number of hydrogen-bond acceptors (Lipinski definition) is 3. The minimum absolute atomic E-state index is 0.0347. The first-order chi connectivity index (χ1) is 6.59. The van der Waals surface area contributed by atoms with Crippen molar-refractivity contribution < 1.29 is 0 Å². The fourth-order valence-corrected chi connectivity index (χ4v) is 1.40. The van der Waals surface area contributed by atoms with Crippen molar-refractivity contribution in [1.82, 2.24) is 9.55 Å². The van der Waals surface area contributed by atoms with Crippen LogP contribution in [0.4, 0.5) is 5.69 Å². The van der Waals surface area contributed by atoms with Crippen molar-refractivity contribution in [1.29, 1.82) is 0 Å². The van der Waals surface area contributed by atoms with Gasteiger partial charge < -0.3 is 5.73 Å². The van der Waals surface area contributed by atoms with Crippen LogP contribution in [-0.4, -0.2) is 9.55 Å². The van der Waals surface area contributed by atoms with Crippen molar-refractivity contribution in [3.63, 3.8) is 0 Å². The van der Waals surface area contributed by atoms with Crippen LogP contribution in [0.1, 0.15) is 5.82 Å². The van der Waals surface area contributed by atoms with E-state index in [0.717, 1.165) is 0 Å². The summed E-state index contributed by atoms with van der Waals surface area (Å²) in [7, 11) is 1.71. The lowest BCUT2D eigenvalue weighted by molar-refractivity contribution is 0.792. The van der Waals surface area contributed by atoms with Gasteiger partial charge in [-0.25, -0.2) is 4.98 Å². The lowest BCUT2D eigenvalue weighted by Crippen LogP contribution is -2.20. The second-order valence-electron chi connectivity index (χ2n) is 3.30. The van der Waals surface area contributed by atoms with Crippen molar-refractivity contribution in [3.05, 3.63) is 34.4 Å². The Kier molecular flexibility index (Phi) is 1.77. The Labute approximate surface area is 81.0 Å². The molecule has 2 N–H and O–H groups in total. The molecule has 0 aliphatic rings. The maximum Gasteiger partial charge on any atom is 0.261 e. The second-order valence-corrected chi connectivity index (χ2v) is 3.30. The van der Waals surface area contributed by atoms with Gasteiger partial charge in [-0.1, -0.05) is 0 Å². The smallest absolute Gasteiger partial charge is 0.261 e. The van der Waals surface area contributed by atoms with Crippen molar-refractivity contribution in [2.75, 3.05) is 5.73 Å². The number of aryl methyl sites for hydroxylation is 1. The molecule has 0 radical (unpaired) electrons. The highest BCUT2D eigenvalue weighted by molar-refractivity contribution is 5.80. The molecule has 0 fully saturated rings. The molecule has 0 atom stereocenters. The fraction of sp³-hybridized carbons (Fsp3) is 0.200. The van der Waals surface area contributed by atoms with Gasteiger partial charge in [0.1, 0.15) is 5.82 Å². The van der Waals surface area contributed by atoms with Crippen LogP contribution in [0.15, 0.2) is 23.0 Å². The molecule has 1 heterocycles. The number of nitrogens with two attached hydrogens (primary N) is 1. The Balaban J connectivity index is 2.98. The number of anilines is 1. The Morgan fingerprint density at radius 1 is 1.43 bits per heavy atom. The fourth-order valence-electron chi connectivity index (χ4n) is 1.40. The van der Waals surface area contributed by atoms with E-state index in [1.54, 1.807) is 32.2 Å². The van der Waals surface area contributed by atoms with Gasteiger partial charge in [0, 0.05) is 12.7 Å². The molecule has 0 aliphatic carbocycles. The van der Waals surface area contributed by atoms with E-state index < -0.39 is 0 Å². The van der Waals surface area contributed by atoms with Crippen molar-refractivity contribution in [2.24, 2.45) is 7.05 Å². The molecular formula is C10H11N3O. The number of fused-ring (bicyclic) bond motifs is 1. The molecule has 72 valence electrons. The van der Waals surface area contributed by atoms with Gasteiger partial charge in [-0.15, -0.1) is 0 Å². The molecule has 14 heavy (non-hydrogen) atoms. The summed E-state index contributed by atoms with van der Waals surface area (Å²) in [6, 6.07) is 5.13. The van der Waals surface area contributed by atoms with Gasteiger partial charge in [-0.3, -0.25) is 9.36 Å². The summed E-state index contributed by atoms with van der Waals surface area (Å²) >= 11 is 0. The molecule has 0 aliphatic heterocycles. The summed E-state index contributed by atoms with van der Waals surface area (Å²) in [5.41, 5.74) is 6.86. The summed E-state index contributed by atoms with van der Waals surface area (Å²) in [6.45, 7) is 1.80. The first-order valence-corrected chi connectivity index (χ1v) is 4.32. The SMILES string of the molecule is Cc1nc2cc(N)ccc2c(=O)n1C. The molecule has 0 saturated carbocycles. The molecule has 0 spiro atoms. The van der Waals surface area contributed by atoms with Gasteiger partial charge in [-0.2, -0.15) is 0 Å². The molecule has 2 aromatic rings. The number of rotatable bonds is 0. The second kappa shape index (κ2) is 2.83. The Morgan fingerprint density at radius 3 is 2.86 bits per heavy atom. The zero-order valence-corrected chi connectivity index (χ0v) is 8.11. The third kappa shape index (κ3) is 1.16. The Hall–Kier alpha value is -1.84. The molecule has 1 aromatic heterocycles. The molecule has 0 amide bonds. The first kappa shape index (κ1) is 8.74. The van der Waals surface area contributed by atoms with E-state index >= 15 is 0 Å². The highest BCUT2D eigenvalue weighted by Crippen LogP contribution is 2.11. The summed E-state index contributed by atoms with van der Waals surface area (Å²) in [6.07, 6.45) is 0. The maximum absolute atomic E-state index is 11.7. The third-order valence-electron chi connectivity index (χ3n) is 2.32. The summed E-state index contributed by atoms with van der Waals surface area (Å²) in [5.74, 6) is 0.688. The Bertz CT molecular complexity index is 557. The highest BCUT2D eigenvalue weighted by atomic mass is 16.1. The van der Waals surface area contributed by atoms with E-state index in [4.69, 9.17) is 5.73 Å². The first-order valence-electron chi connectivity index (χ1n) is 4.32.